The van der Waals surface area contributed by atoms with Crippen molar-refractivity contribution in [3.8, 4) is 5.75 Å². The van der Waals surface area contributed by atoms with E-state index in [2.05, 4.69) is 5.32 Å². The summed E-state index contributed by atoms with van der Waals surface area (Å²) < 4.78 is 30.0. The van der Waals surface area contributed by atoms with E-state index in [9.17, 15) is 13.2 Å². The predicted octanol–water partition coefficient (Wildman–Crippen LogP) is 3.68. The maximum atomic E-state index is 12.4. The molecule has 146 valence electrons. The lowest BCUT2D eigenvalue weighted by Gasteiger charge is -2.23. The SMILES string of the molecule is COc1ccc(C(NC(=O)CCS(=O)(=O)c2ccc(C)cc2)C(C)C)cc1. The Hall–Kier alpha value is -2.34. The molecule has 5 nitrogen and oxygen atoms in total. The molecule has 0 aliphatic carbocycles. The first-order chi connectivity index (χ1) is 12.7. The van der Waals surface area contributed by atoms with E-state index in [1.54, 1.807) is 31.4 Å². The number of benzene rings is 2. The smallest absolute Gasteiger partial charge is 0.221 e. The van der Waals surface area contributed by atoms with Crippen molar-refractivity contribution in [2.24, 2.45) is 5.92 Å². The molecule has 6 heteroatoms. The van der Waals surface area contributed by atoms with Crippen LogP contribution in [-0.4, -0.2) is 27.2 Å². The lowest BCUT2D eigenvalue weighted by atomic mass is 9.96. The number of aryl methyl sites for hydroxylation is 1. The van der Waals surface area contributed by atoms with E-state index >= 15 is 0 Å². The highest BCUT2D eigenvalue weighted by Crippen LogP contribution is 2.24. The van der Waals surface area contributed by atoms with Gasteiger partial charge in [0.25, 0.3) is 0 Å². The second kappa shape index (κ2) is 9.04. The van der Waals surface area contributed by atoms with Crippen molar-refractivity contribution in [2.75, 3.05) is 12.9 Å². The molecular weight excluding hydrogens is 362 g/mol. The summed E-state index contributed by atoms with van der Waals surface area (Å²) in [5.41, 5.74) is 1.95. The summed E-state index contributed by atoms with van der Waals surface area (Å²) in [5, 5.41) is 2.96. The average molecular weight is 390 g/mol. The highest BCUT2D eigenvalue weighted by atomic mass is 32.2. The molecule has 2 aromatic carbocycles. The van der Waals surface area contributed by atoms with Crippen molar-refractivity contribution in [3.63, 3.8) is 0 Å². The Labute approximate surface area is 161 Å². The van der Waals surface area contributed by atoms with Gasteiger partial charge in [-0.25, -0.2) is 8.42 Å². The van der Waals surface area contributed by atoms with Crippen LogP contribution in [0.2, 0.25) is 0 Å². The topological polar surface area (TPSA) is 72.5 Å². The van der Waals surface area contributed by atoms with Crippen molar-refractivity contribution in [2.45, 2.75) is 38.1 Å². The minimum Gasteiger partial charge on any atom is -0.497 e. The summed E-state index contributed by atoms with van der Waals surface area (Å²) in [4.78, 5) is 12.6. The van der Waals surface area contributed by atoms with Gasteiger partial charge < -0.3 is 10.1 Å². The molecule has 2 aromatic rings. The lowest BCUT2D eigenvalue weighted by molar-refractivity contribution is -0.121. The fraction of sp³-hybridized carbons (Fsp3) is 0.381. The van der Waals surface area contributed by atoms with Gasteiger partial charge in [-0.15, -0.1) is 0 Å². The zero-order valence-electron chi connectivity index (χ0n) is 16.2. The summed E-state index contributed by atoms with van der Waals surface area (Å²) >= 11 is 0. The number of nitrogens with one attached hydrogen (secondary N) is 1. The van der Waals surface area contributed by atoms with Gasteiger partial charge in [0, 0.05) is 6.42 Å². The molecular formula is C21H27NO4S. The maximum Gasteiger partial charge on any atom is 0.221 e. The van der Waals surface area contributed by atoms with Gasteiger partial charge in [-0.3, -0.25) is 4.79 Å². The van der Waals surface area contributed by atoms with Gasteiger partial charge in [0.05, 0.1) is 23.8 Å². The van der Waals surface area contributed by atoms with Crippen LogP contribution >= 0.6 is 0 Å². The molecule has 2 rings (SSSR count). The number of rotatable bonds is 8. The normalized spacial score (nSPS) is 12.6. The van der Waals surface area contributed by atoms with Gasteiger partial charge in [0.15, 0.2) is 9.84 Å². The standard InChI is InChI=1S/C21H27NO4S/c1-15(2)21(17-7-9-18(26-4)10-8-17)22-20(23)13-14-27(24,25)19-11-5-16(3)6-12-19/h5-12,15,21H,13-14H2,1-4H3,(H,22,23). The zero-order chi connectivity index (χ0) is 20.0. The van der Waals surface area contributed by atoms with Crippen molar-refractivity contribution < 1.29 is 17.9 Å². The van der Waals surface area contributed by atoms with Gasteiger partial charge in [-0.2, -0.15) is 0 Å². The Morgan fingerprint density at radius 3 is 2.15 bits per heavy atom. The lowest BCUT2D eigenvalue weighted by Crippen LogP contribution is -2.32. The molecule has 1 amide bonds. The van der Waals surface area contributed by atoms with Crippen LogP contribution in [0.4, 0.5) is 0 Å². The minimum atomic E-state index is -3.48. The third-order valence-electron chi connectivity index (χ3n) is 4.44. The van der Waals surface area contributed by atoms with Gasteiger partial charge in [0.2, 0.25) is 5.91 Å². The molecule has 0 aliphatic heterocycles. The second-order valence-electron chi connectivity index (χ2n) is 6.94. The number of hydrogen-bond acceptors (Lipinski definition) is 4. The van der Waals surface area contributed by atoms with Crippen LogP contribution in [0.25, 0.3) is 0 Å². The van der Waals surface area contributed by atoms with Crippen molar-refractivity contribution in [3.05, 3.63) is 59.7 Å². The quantitative estimate of drug-likeness (QED) is 0.747. The molecule has 0 heterocycles. The van der Waals surface area contributed by atoms with E-state index in [0.29, 0.717) is 0 Å². The minimum absolute atomic E-state index is 0.0738. The third kappa shape index (κ3) is 5.82. The molecule has 0 saturated heterocycles. The Morgan fingerprint density at radius 1 is 1.04 bits per heavy atom. The fourth-order valence-electron chi connectivity index (χ4n) is 2.78. The van der Waals surface area contributed by atoms with E-state index in [0.717, 1.165) is 16.9 Å². The molecule has 1 atom stereocenters. The molecule has 0 bridgehead atoms. The van der Waals surface area contributed by atoms with Crippen LogP contribution < -0.4 is 10.1 Å². The number of carbonyl (C=O) groups excluding carboxylic acids is 1. The molecule has 0 aliphatic rings. The van der Waals surface area contributed by atoms with Crippen LogP contribution in [0.3, 0.4) is 0 Å². The van der Waals surface area contributed by atoms with Crippen LogP contribution in [0.1, 0.15) is 37.4 Å². The van der Waals surface area contributed by atoms with Crippen LogP contribution in [0, 0.1) is 12.8 Å². The van der Waals surface area contributed by atoms with Gasteiger partial charge in [-0.1, -0.05) is 43.7 Å². The summed E-state index contributed by atoms with van der Waals surface area (Å²) in [6.07, 6.45) is -0.0738. The second-order valence-corrected chi connectivity index (χ2v) is 9.05. The Morgan fingerprint density at radius 2 is 1.63 bits per heavy atom. The highest BCUT2D eigenvalue weighted by Gasteiger charge is 2.21. The van der Waals surface area contributed by atoms with Crippen LogP contribution in [0.5, 0.6) is 5.75 Å². The van der Waals surface area contributed by atoms with E-state index in [1.165, 1.54) is 0 Å². The first-order valence-corrected chi connectivity index (χ1v) is 10.6. The molecule has 0 radical (unpaired) electrons. The number of sulfone groups is 1. The van der Waals surface area contributed by atoms with Gasteiger partial charge >= 0.3 is 0 Å². The Balaban J connectivity index is 2.02. The van der Waals surface area contributed by atoms with Gasteiger partial charge in [-0.05, 0) is 42.7 Å². The molecule has 27 heavy (non-hydrogen) atoms. The zero-order valence-corrected chi connectivity index (χ0v) is 17.0. The number of methoxy groups -OCH3 is 1. The molecule has 0 fully saturated rings. The van der Waals surface area contributed by atoms with Crippen molar-refractivity contribution in [1.82, 2.24) is 5.32 Å². The van der Waals surface area contributed by atoms with Crippen LogP contribution in [-0.2, 0) is 14.6 Å². The van der Waals surface area contributed by atoms with Crippen molar-refractivity contribution >= 4 is 15.7 Å². The Kier molecular flexibility index (Phi) is 7.02. The average Bonchev–Trinajstić information content (AvgIpc) is 2.65. The van der Waals surface area contributed by atoms with E-state index < -0.39 is 9.84 Å². The van der Waals surface area contributed by atoms with Crippen molar-refractivity contribution in [1.29, 1.82) is 0 Å². The number of carbonyl (C=O) groups is 1. The number of hydrogen-bond donors (Lipinski definition) is 1. The largest absolute Gasteiger partial charge is 0.497 e. The first kappa shape index (κ1) is 21.0. The van der Waals surface area contributed by atoms with E-state index in [-0.39, 0.29) is 34.9 Å². The summed E-state index contributed by atoms with van der Waals surface area (Å²) in [5.74, 6) is 0.419. The molecule has 1 N–H and O–H groups in total. The molecule has 0 saturated carbocycles. The predicted molar refractivity (Wildman–Crippen MR) is 107 cm³/mol. The van der Waals surface area contributed by atoms with Gasteiger partial charge in [0.1, 0.15) is 5.75 Å². The summed E-state index contributed by atoms with van der Waals surface area (Å²) in [6, 6.07) is 14.0. The Bertz CT molecular complexity index is 856. The van der Waals surface area contributed by atoms with Crippen LogP contribution in [0.15, 0.2) is 53.4 Å². The number of amides is 1. The number of ether oxygens (including phenoxy) is 1. The fourth-order valence-corrected chi connectivity index (χ4v) is 4.02. The molecule has 0 aromatic heterocycles. The van der Waals surface area contributed by atoms with E-state index in [4.69, 9.17) is 4.74 Å². The highest BCUT2D eigenvalue weighted by molar-refractivity contribution is 7.91. The van der Waals surface area contributed by atoms with E-state index in [1.807, 2.05) is 45.0 Å². The maximum absolute atomic E-state index is 12.4. The molecule has 0 spiro atoms. The summed E-state index contributed by atoms with van der Waals surface area (Å²) in [7, 11) is -1.88. The third-order valence-corrected chi connectivity index (χ3v) is 6.17. The molecule has 1 unspecified atom stereocenters. The first-order valence-electron chi connectivity index (χ1n) is 8.95. The summed E-state index contributed by atoms with van der Waals surface area (Å²) in [6.45, 7) is 5.92. The monoisotopic (exact) mass is 389 g/mol.